The Labute approximate surface area is 94.9 Å². The third-order valence-corrected chi connectivity index (χ3v) is 1.68. The number of nitrogen functional groups attached to an aromatic ring is 1. The molecule has 0 aromatic heterocycles. The van der Waals surface area contributed by atoms with Gasteiger partial charge in [-0.15, -0.1) is 0 Å². The number of hydrogen-bond acceptors (Lipinski definition) is 3. The van der Waals surface area contributed by atoms with Gasteiger partial charge in [0.15, 0.2) is 11.6 Å². The molecule has 10 heteroatoms. The second kappa shape index (κ2) is 5.19. The highest BCUT2D eigenvalue weighted by Gasteiger charge is 2.29. The molecule has 0 amide bonds. The van der Waals surface area contributed by atoms with E-state index in [9.17, 15) is 30.7 Å². The van der Waals surface area contributed by atoms with Crippen molar-refractivity contribution in [3.63, 3.8) is 0 Å². The molecule has 0 saturated carbocycles. The molecule has 0 saturated heterocycles. The Bertz CT molecular complexity index is 415. The van der Waals surface area contributed by atoms with Crippen LogP contribution in [0.15, 0.2) is 0 Å². The summed E-state index contributed by atoms with van der Waals surface area (Å²) >= 11 is 0. The second-order valence-corrected chi connectivity index (χ2v) is 2.77. The Balaban J connectivity index is 3.39. The molecular formula is C8H4F7NO2. The van der Waals surface area contributed by atoms with Gasteiger partial charge >= 0.3 is 13.2 Å². The molecule has 1 rings (SSSR count). The maximum Gasteiger partial charge on any atom is 0.387 e. The molecule has 0 heterocycles. The lowest BCUT2D eigenvalue weighted by atomic mass is 10.2. The quantitative estimate of drug-likeness (QED) is 0.680. The third kappa shape index (κ3) is 2.68. The number of hydrogen-bond donors (Lipinski definition) is 1. The van der Waals surface area contributed by atoms with Crippen LogP contribution < -0.4 is 15.2 Å². The Morgan fingerprint density at radius 1 is 0.722 bits per heavy atom. The summed E-state index contributed by atoms with van der Waals surface area (Å²) in [6, 6.07) is 0. The van der Waals surface area contributed by atoms with Crippen LogP contribution in [0.25, 0.3) is 0 Å². The number of halogens is 7. The Morgan fingerprint density at radius 3 is 1.33 bits per heavy atom. The molecule has 1 aromatic rings. The van der Waals surface area contributed by atoms with Crippen LogP contribution in [0.1, 0.15) is 0 Å². The van der Waals surface area contributed by atoms with Crippen LogP contribution in [-0.4, -0.2) is 13.2 Å². The van der Waals surface area contributed by atoms with E-state index in [1.165, 1.54) is 0 Å². The number of nitrogens with two attached hydrogens (primary N) is 1. The van der Waals surface area contributed by atoms with E-state index >= 15 is 0 Å². The number of alkyl halides is 4. The zero-order chi connectivity index (χ0) is 14.0. The van der Waals surface area contributed by atoms with Crippen LogP contribution in [-0.2, 0) is 0 Å². The van der Waals surface area contributed by atoms with Crippen LogP contribution in [0.4, 0.5) is 36.4 Å². The van der Waals surface area contributed by atoms with Crippen LogP contribution in [0.5, 0.6) is 11.5 Å². The highest BCUT2D eigenvalue weighted by Crippen LogP contribution is 2.38. The standard InChI is InChI=1S/C8H4F7NO2/c9-1-4(16)2(10)6(18-8(14)15)3(11)5(1)17-7(12)13/h7-8H,16H2. The minimum atomic E-state index is -3.67. The molecule has 102 valence electrons. The van der Waals surface area contributed by atoms with Gasteiger partial charge in [-0.05, 0) is 0 Å². The van der Waals surface area contributed by atoms with Gasteiger partial charge in [0.25, 0.3) is 0 Å². The Morgan fingerprint density at radius 2 is 1.06 bits per heavy atom. The fourth-order valence-electron chi connectivity index (χ4n) is 1.02. The number of anilines is 1. The number of ether oxygens (including phenoxy) is 2. The molecule has 0 aliphatic heterocycles. The van der Waals surface area contributed by atoms with Crippen molar-refractivity contribution in [1.82, 2.24) is 0 Å². The molecule has 0 spiro atoms. The average molecular weight is 279 g/mol. The fraction of sp³-hybridized carbons (Fsp3) is 0.250. The number of rotatable bonds is 4. The van der Waals surface area contributed by atoms with Gasteiger partial charge in [0.1, 0.15) is 5.69 Å². The van der Waals surface area contributed by atoms with Gasteiger partial charge in [-0.25, -0.2) is 8.78 Å². The SMILES string of the molecule is Nc1c(F)c(OC(F)F)c(F)c(OC(F)F)c1F. The molecule has 1 aromatic carbocycles. The highest BCUT2D eigenvalue weighted by atomic mass is 19.3. The first-order valence-corrected chi connectivity index (χ1v) is 4.11. The number of benzene rings is 1. The summed E-state index contributed by atoms with van der Waals surface area (Å²) in [6.45, 7) is -7.34. The first-order chi connectivity index (χ1) is 8.25. The van der Waals surface area contributed by atoms with E-state index in [-0.39, 0.29) is 0 Å². The molecule has 18 heavy (non-hydrogen) atoms. The van der Waals surface area contributed by atoms with Crippen molar-refractivity contribution in [3.8, 4) is 11.5 Å². The van der Waals surface area contributed by atoms with E-state index in [0.717, 1.165) is 0 Å². The van der Waals surface area contributed by atoms with Gasteiger partial charge in [-0.3, -0.25) is 0 Å². The van der Waals surface area contributed by atoms with Gasteiger partial charge in [0.2, 0.25) is 17.3 Å². The van der Waals surface area contributed by atoms with E-state index in [4.69, 9.17) is 5.73 Å². The normalized spacial score (nSPS) is 11.2. The van der Waals surface area contributed by atoms with Crippen molar-refractivity contribution in [2.75, 3.05) is 5.73 Å². The molecule has 0 atom stereocenters. The van der Waals surface area contributed by atoms with Gasteiger partial charge in [-0.2, -0.15) is 22.0 Å². The summed E-state index contributed by atoms with van der Waals surface area (Å²) < 4.78 is 93.5. The maximum absolute atomic E-state index is 13.2. The maximum atomic E-state index is 13.2. The largest absolute Gasteiger partial charge is 0.428 e. The molecule has 3 nitrogen and oxygen atoms in total. The highest BCUT2D eigenvalue weighted by molar-refractivity contribution is 5.55. The molecule has 0 aliphatic rings. The lowest BCUT2D eigenvalue weighted by Crippen LogP contribution is -2.13. The van der Waals surface area contributed by atoms with E-state index < -0.39 is 47.9 Å². The van der Waals surface area contributed by atoms with Crippen molar-refractivity contribution < 1.29 is 40.2 Å². The smallest absolute Gasteiger partial charge is 0.387 e. The van der Waals surface area contributed by atoms with Crippen LogP contribution >= 0.6 is 0 Å². The van der Waals surface area contributed by atoms with Gasteiger partial charge in [0.05, 0.1) is 0 Å². The predicted molar refractivity (Wildman–Crippen MR) is 44.0 cm³/mol. The van der Waals surface area contributed by atoms with Crippen molar-refractivity contribution in [3.05, 3.63) is 17.5 Å². The summed E-state index contributed by atoms with van der Waals surface area (Å²) in [7, 11) is 0. The molecular weight excluding hydrogens is 275 g/mol. The first kappa shape index (κ1) is 14.2. The molecule has 0 radical (unpaired) electrons. The lowest BCUT2D eigenvalue weighted by molar-refractivity contribution is -0.0619. The van der Waals surface area contributed by atoms with Crippen molar-refractivity contribution in [2.45, 2.75) is 13.2 Å². The zero-order valence-corrected chi connectivity index (χ0v) is 8.19. The molecule has 0 unspecified atom stereocenters. The van der Waals surface area contributed by atoms with Crippen LogP contribution in [0.2, 0.25) is 0 Å². The topological polar surface area (TPSA) is 44.5 Å². The van der Waals surface area contributed by atoms with E-state index in [2.05, 4.69) is 9.47 Å². The minimum absolute atomic E-state index is 1.48. The van der Waals surface area contributed by atoms with Gasteiger partial charge in [-0.1, -0.05) is 0 Å². The van der Waals surface area contributed by atoms with Gasteiger partial charge < -0.3 is 15.2 Å². The molecule has 0 aliphatic carbocycles. The molecule has 0 bridgehead atoms. The van der Waals surface area contributed by atoms with E-state index in [1.807, 2.05) is 0 Å². The van der Waals surface area contributed by atoms with Crippen LogP contribution in [0, 0.1) is 17.5 Å². The second-order valence-electron chi connectivity index (χ2n) is 2.77. The summed E-state index contributed by atoms with van der Waals surface area (Å²) in [5, 5.41) is 0. The molecule has 2 N–H and O–H groups in total. The zero-order valence-electron chi connectivity index (χ0n) is 8.19. The van der Waals surface area contributed by atoms with Crippen LogP contribution in [0.3, 0.4) is 0 Å². The summed E-state index contributed by atoms with van der Waals surface area (Å²) in [4.78, 5) is 0. The molecule has 0 fully saturated rings. The summed E-state index contributed by atoms with van der Waals surface area (Å²) in [5.41, 5.74) is 3.25. The fourth-order valence-corrected chi connectivity index (χ4v) is 1.02. The van der Waals surface area contributed by atoms with Gasteiger partial charge in [0, 0.05) is 0 Å². The third-order valence-electron chi connectivity index (χ3n) is 1.68. The minimum Gasteiger partial charge on any atom is -0.428 e. The summed E-state index contributed by atoms with van der Waals surface area (Å²) in [6.07, 6.45) is 0. The van der Waals surface area contributed by atoms with Crippen molar-refractivity contribution >= 4 is 5.69 Å². The monoisotopic (exact) mass is 279 g/mol. The Hall–Kier alpha value is -1.87. The Kier molecular flexibility index (Phi) is 4.09. The van der Waals surface area contributed by atoms with E-state index in [0.29, 0.717) is 0 Å². The summed E-state index contributed by atoms with van der Waals surface area (Å²) in [5.74, 6) is -9.75. The van der Waals surface area contributed by atoms with E-state index in [1.54, 1.807) is 0 Å². The predicted octanol–water partition coefficient (Wildman–Crippen LogP) is 2.89. The van der Waals surface area contributed by atoms with Crippen molar-refractivity contribution in [2.24, 2.45) is 0 Å². The lowest BCUT2D eigenvalue weighted by Gasteiger charge is -2.13. The van der Waals surface area contributed by atoms with Crippen molar-refractivity contribution in [1.29, 1.82) is 0 Å². The first-order valence-electron chi connectivity index (χ1n) is 4.11. The average Bonchev–Trinajstić information content (AvgIpc) is 2.27.